The first kappa shape index (κ1) is 18.9. The van der Waals surface area contributed by atoms with Gasteiger partial charge >= 0.3 is 17.7 Å². The average Bonchev–Trinajstić information content (AvgIpc) is 3.48. The van der Waals surface area contributed by atoms with Crippen LogP contribution in [0.5, 0.6) is 0 Å². The molecule has 0 saturated heterocycles. The zero-order valence-corrected chi connectivity index (χ0v) is 16.0. The summed E-state index contributed by atoms with van der Waals surface area (Å²) in [6, 6.07) is 9.01. The van der Waals surface area contributed by atoms with Gasteiger partial charge in [-0.15, -0.1) is 0 Å². The molecule has 1 fully saturated rings. The molecule has 0 bridgehead atoms. The number of thioether (sulfide) groups is 1. The van der Waals surface area contributed by atoms with E-state index in [1.807, 2.05) is 12.1 Å². The van der Waals surface area contributed by atoms with Gasteiger partial charge in [-0.25, -0.2) is 9.97 Å². The van der Waals surface area contributed by atoms with Gasteiger partial charge in [-0.2, -0.15) is 0 Å². The van der Waals surface area contributed by atoms with Crippen molar-refractivity contribution in [3.8, 4) is 0 Å². The monoisotopic (exact) mass is 411 g/mol. The van der Waals surface area contributed by atoms with E-state index >= 15 is 0 Å². The van der Waals surface area contributed by atoms with Gasteiger partial charge in [0.25, 0.3) is 0 Å². The summed E-state index contributed by atoms with van der Waals surface area (Å²) in [4.78, 5) is 44.5. The predicted octanol–water partition coefficient (Wildman–Crippen LogP) is 1.55. The van der Waals surface area contributed by atoms with Crippen molar-refractivity contribution in [2.24, 2.45) is 0 Å². The van der Waals surface area contributed by atoms with E-state index in [4.69, 9.17) is 4.42 Å². The molecule has 3 amide bonds. The van der Waals surface area contributed by atoms with Crippen LogP contribution in [0.4, 0.5) is 0 Å². The minimum absolute atomic E-state index is 0.0446. The number of para-hydroxylation sites is 1. The number of carbonyl (C=O) groups excluding carboxylic acids is 3. The number of nitrogens with zero attached hydrogens (tertiary/aromatic N) is 2. The minimum Gasteiger partial charge on any atom is -0.451 e. The number of furan rings is 1. The summed E-state index contributed by atoms with van der Waals surface area (Å²) < 4.78 is 5.70. The maximum absolute atomic E-state index is 12.6. The Kier molecular flexibility index (Phi) is 5.43. The van der Waals surface area contributed by atoms with Crippen LogP contribution in [0.25, 0.3) is 11.0 Å². The van der Waals surface area contributed by atoms with Crippen LogP contribution in [0.3, 0.4) is 0 Å². The molecular weight excluding hydrogens is 394 g/mol. The van der Waals surface area contributed by atoms with Crippen LogP contribution < -0.4 is 16.2 Å². The fourth-order valence-electron chi connectivity index (χ4n) is 2.63. The van der Waals surface area contributed by atoms with Gasteiger partial charge in [-0.05, 0) is 25.0 Å². The molecular formula is C19H17N5O4S. The van der Waals surface area contributed by atoms with E-state index in [-0.39, 0.29) is 11.8 Å². The predicted molar refractivity (Wildman–Crippen MR) is 105 cm³/mol. The van der Waals surface area contributed by atoms with Crippen LogP contribution in [-0.2, 0) is 15.3 Å². The highest BCUT2D eigenvalue weighted by Crippen LogP contribution is 2.30. The normalized spacial score (nSPS) is 13.1. The molecule has 2 heterocycles. The Balaban J connectivity index is 1.48. The molecule has 0 spiro atoms. The number of carbonyl (C=O) groups is 3. The molecule has 1 saturated carbocycles. The molecule has 4 rings (SSSR count). The van der Waals surface area contributed by atoms with Crippen molar-refractivity contribution in [1.29, 1.82) is 0 Å². The molecule has 1 aromatic carbocycles. The summed E-state index contributed by atoms with van der Waals surface area (Å²) in [5.74, 6) is -1.93. The molecule has 10 heteroatoms. The van der Waals surface area contributed by atoms with E-state index < -0.39 is 17.7 Å². The molecule has 2 aromatic heterocycles. The maximum Gasteiger partial charge on any atom is 0.327 e. The lowest BCUT2D eigenvalue weighted by Gasteiger charge is -2.07. The Morgan fingerprint density at radius 2 is 1.79 bits per heavy atom. The first-order valence-corrected chi connectivity index (χ1v) is 9.92. The lowest BCUT2D eigenvalue weighted by Crippen LogP contribution is -2.49. The molecule has 1 aliphatic carbocycles. The highest BCUT2D eigenvalue weighted by atomic mass is 32.2. The molecule has 29 heavy (non-hydrogen) atoms. The summed E-state index contributed by atoms with van der Waals surface area (Å²) in [6.45, 7) is 0. The van der Waals surface area contributed by atoms with Crippen molar-refractivity contribution in [3.05, 3.63) is 54.0 Å². The first-order chi connectivity index (χ1) is 14.1. The first-order valence-electron chi connectivity index (χ1n) is 8.93. The number of fused-ring (bicyclic) bond motifs is 1. The van der Waals surface area contributed by atoms with Gasteiger partial charge in [0.1, 0.15) is 5.58 Å². The van der Waals surface area contributed by atoms with Gasteiger partial charge in [-0.1, -0.05) is 30.0 Å². The summed E-state index contributed by atoms with van der Waals surface area (Å²) in [7, 11) is 0. The Bertz CT molecular complexity index is 1060. The summed E-state index contributed by atoms with van der Waals surface area (Å²) in [5, 5.41) is 3.89. The highest BCUT2D eigenvalue weighted by Gasteiger charge is 2.27. The topological polar surface area (TPSA) is 126 Å². The third-order valence-corrected chi connectivity index (χ3v) is 5.10. The molecule has 1 aliphatic rings. The van der Waals surface area contributed by atoms with Crippen molar-refractivity contribution < 1.29 is 18.8 Å². The summed E-state index contributed by atoms with van der Waals surface area (Å²) in [6.07, 6.45) is 4.99. The van der Waals surface area contributed by atoms with E-state index in [1.165, 1.54) is 11.8 Å². The molecule has 148 valence electrons. The lowest BCUT2D eigenvalue weighted by molar-refractivity contribution is -0.139. The van der Waals surface area contributed by atoms with E-state index in [1.54, 1.807) is 30.6 Å². The van der Waals surface area contributed by atoms with Gasteiger partial charge < -0.3 is 9.73 Å². The number of hydrazine groups is 1. The van der Waals surface area contributed by atoms with E-state index in [0.717, 1.165) is 18.2 Å². The highest BCUT2D eigenvalue weighted by molar-refractivity contribution is 7.98. The van der Waals surface area contributed by atoms with Crippen LogP contribution >= 0.6 is 11.8 Å². The lowest BCUT2D eigenvalue weighted by atomic mass is 10.1. The molecule has 3 N–H and O–H groups in total. The summed E-state index contributed by atoms with van der Waals surface area (Å²) >= 11 is 1.35. The van der Waals surface area contributed by atoms with Crippen LogP contribution in [-0.4, -0.2) is 33.7 Å². The van der Waals surface area contributed by atoms with Crippen LogP contribution in [0.15, 0.2) is 52.3 Å². The third kappa shape index (κ3) is 4.54. The molecule has 0 unspecified atom stereocenters. The maximum atomic E-state index is 12.6. The van der Waals surface area contributed by atoms with Gasteiger partial charge in [0.05, 0.1) is 0 Å². The number of aromatic nitrogens is 2. The number of hydrogen-bond donors (Lipinski definition) is 3. The molecule has 3 aromatic rings. The van der Waals surface area contributed by atoms with Crippen molar-refractivity contribution in [3.63, 3.8) is 0 Å². The molecule has 0 radical (unpaired) electrons. The number of benzene rings is 1. The second-order valence-electron chi connectivity index (χ2n) is 6.38. The molecule has 9 nitrogen and oxygen atoms in total. The minimum atomic E-state index is -0.935. The Morgan fingerprint density at radius 1 is 1.03 bits per heavy atom. The van der Waals surface area contributed by atoms with Gasteiger partial charge in [0, 0.05) is 35.1 Å². The van der Waals surface area contributed by atoms with Gasteiger partial charge in [-0.3, -0.25) is 25.2 Å². The Hall–Kier alpha value is -3.40. The largest absolute Gasteiger partial charge is 0.451 e. The van der Waals surface area contributed by atoms with E-state index in [0.29, 0.717) is 22.1 Å². The van der Waals surface area contributed by atoms with Crippen LogP contribution in [0.1, 0.15) is 29.0 Å². The van der Waals surface area contributed by atoms with E-state index in [2.05, 4.69) is 26.1 Å². The second kappa shape index (κ2) is 8.31. The third-order valence-electron chi connectivity index (χ3n) is 4.20. The van der Waals surface area contributed by atoms with Gasteiger partial charge in [0.2, 0.25) is 0 Å². The quantitative estimate of drug-likeness (QED) is 0.252. The second-order valence-corrected chi connectivity index (χ2v) is 7.32. The number of hydrogen-bond acceptors (Lipinski definition) is 7. The number of nitrogens with one attached hydrogen (secondary N) is 3. The summed E-state index contributed by atoms with van der Waals surface area (Å²) in [5.41, 5.74) is 5.54. The van der Waals surface area contributed by atoms with E-state index in [9.17, 15) is 14.4 Å². The smallest absolute Gasteiger partial charge is 0.327 e. The van der Waals surface area contributed by atoms with Crippen molar-refractivity contribution >= 4 is 40.5 Å². The average molecular weight is 411 g/mol. The van der Waals surface area contributed by atoms with Crippen molar-refractivity contribution in [2.75, 3.05) is 0 Å². The molecule has 0 aliphatic heterocycles. The number of rotatable bonds is 5. The standard InChI is InChI=1S/C19H17N5O4S/c25-16(23-24-18(27)17(26)22-11-6-7-11)15-13(10-29-19-20-8-3-9-21-19)12-4-1-2-5-14(12)28-15/h1-5,8-9,11H,6-7,10H2,(H,22,26)(H,23,25)(H,24,27). The molecule has 0 atom stereocenters. The Morgan fingerprint density at radius 3 is 2.55 bits per heavy atom. The fourth-order valence-corrected chi connectivity index (χ4v) is 3.46. The van der Waals surface area contributed by atoms with Gasteiger partial charge in [0.15, 0.2) is 10.9 Å². The Labute approximate surface area is 169 Å². The zero-order valence-electron chi connectivity index (χ0n) is 15.2. The SMILES string of the molecule is O=C(NNC(=O)c1oc2ccccc2c1CSc1ncccn1)C(=O)NC1CC1. The van der Waals surface area contributed by atoms with Crippen LogP contribution in [0.2, 0.25) is 0 Å². The van der Waals surface area contributed by atoms with Crippen molar-refractivity contribution in [1.82, 2.24) is 26.1 Å². The number of amides is 3. The van der Waals surface area contributed by atoms with Crippen LogP contribution in [0, 0.1) is 0 Å². The zero-order chi connectivity index (χ0) is 20.2. The fraction of sp³-hybridized carbons (Fsp3) is 0.211. The van der Waals surface area contributed by atoms with Crippen molar-refractivity contribution in [2.45, 2.75) is 29.8 Å².